The van der Waals surface area contributed by atoms with Crippen LogP contribution in [0.3, 0.4) is 0 Å². The molecule has 0 radical (unpaired) electrons. The molecule has 1 aromatic carbocycles. The standard InChI is InChI=1S/C29H40O3/c1-5-12-25(27(6-2)29(32)18-22(4)30)19-23-13-10-11-16-28(21(3)17-26(31)20-23)24-14-8-7-9-15-24/h7-9,11,14-16,23,25,27H,5-6,10,12-13,17-20H2,1-4H3. The van der Waals surface area contributed by atoms with E-state index in [0.29, 0.717) is 12.8 Å². The minimum Gasteiger partial charge on any atom is -0.300 e. The lowest BCUT2D eigenvalue weighted by molar-refractivity contribution is -0.129. The number of Topliss-reactive ketones (excluding diaryl/α,β-unsaturated/α-hetero) is 3. The Kier molecular flexibility index (Phi) is 10.8. The molecule has 2 rings (SSSR count). The number of hydrogen-bond donors (Lipinski definition) is 0. The number of hydrogen-bond acceptors (Lipinski definition) is 3. The van der Waals surface area contributed by atoms with E-state index in [-0.39, 0.29) is 41.5 Å². The van der Waals surface area contributed by atoms with Gasteiger partial charge in [0.2, 0.25) is 0 Å². The third-order valence-corrected chi connectivity index (χ3v) is 6.69. The third kappa shape index (κ3) is 8.00. The quantitative estimate of drug-likeness (QED) is 0.366. The summed E-state index contributed by atoms with van der Waals surface area (Å²) in [7, 11) is 0. The SMILES string of the molecule is CCCC(CC1CCC=CC(c2ccccc2)=C(C)CC(=O)C1)C(CC)C(=O)CC(C)=O. The van der Waals surface area contributed by atoms with Crippen molar-refractivity contribution in [3.63, 3.8) is 0 Å². The normalized spacial score (nSPS) is 19.5. The van der Waals surface area contributed by atoms with Crippen LogP contribution in [0.4, 0.5) is 0 Å². The molecule has 0 spiro atoms. The Morgan fingerprint density at radius 2 is 1.84 bits per heavy atom. The van der Waals surface area contributed by atoms with Crippen LogP contribution < -0.4 is 0 Å². The molecule has 1 aliphatic rings. The van der Waals surface area contributed by atoms with Gasteiger partial charge in [-0.1, -0.05) is 74.7 Å². The summed E-state index contributed by atoms with van der Waals surface area (Å²) in [5.74, 6) is 0.767. The summed E-state index contributed by atoms with van der Waals surface area (Å²) in [6.45, 7) is 7.75. The summed E-state index contributed by atoms with van der Waals surface area (Å²) in [4.78, 5) is 37.3. The molecule has 0 saturated carbocycles. The van der Waals surface area contributed by atoms with E-state index in [4.69, 9.17) is 0 Å². The molecular weight excluding hydrogens is 396 g/mol. The fraction of sp³-hybridized carbons (Fsp3) is 0.552. The fourth-order valence-corrected chi connectivity index (χ4v) is 5.21. The summed E-state index contributed by atoms with van der Waals surface area (Å²) in [6, 6.07) is 10.3. The Balaban J connectivity index is 2.16. The van der Waals surface area contributed by atoms with Crippen molar-refractivity contribution >= 4 is 22.9 Å². The molecule has 32 heavy (non-hydrogen) atoms. The summed E-state index contributed by atoms with van der Waals surface area (Å²) >= 11 is 0. The van der Waals surface area contributed by atoms with Crippen LogP contribution in [0.2, 0.25) is 0 Å². The van der Waals surface area contributed by atoms with E-state index in [2.05, 4.69) is 38.1 Å². The van der Waals surface area contributed by atoms with Crippen LogP contribution >= 0.6 is 0 Å². The first-order valence-electron chi connectivity index (χ1n) is 12.3. The lowest BCUT2D eigenvalue weighted by atomic mass is 9.75. The molecule has 3 heteroatoms. The average Bonchev–Trinajstić information content (AvgIpc) is 2.73. The summed E-state index contributed by atoms with van der Waals surface area (Å²) in [5, 5.41) is 0. The maximum Gasteiger partial charge on any atom is 0.143 e. The zero-order valence-corrected chi connectivity index (χ0v) is 20.4. The van der Waals surface area contributed by atoms with Crippen molar-refractivity contribution in [2.24, 2.45) is 17.8 Å². The monoisotopic (exact) mass is 436 g/mol. The summed E-state index contributed by atoms with van der Waals surface area (Å²) in [6.07, 6.45) is 11.0. The zero-order valence-electron chi connectivity index (χ0n) is 20.4. The largest absolute Gasteiger partial charge is 0.300 e. The van der Waals surface area contributed by atoms with Crippen LogP contribution in [-0.4, -0.2) is 17.3 Å². The molecule has 3 nitrogen and oxygen atoms in total. The average molecular weight is 437 g/mol. The van der Waals surface area contributed by atoms with Gasteiger partial charge in [-0.3, -0.25) is 14.4 Å². The maximum atomic E-state index is 13.0. The van der Waals surface area contributed by atoms with Crippen molar-refractivity contribution in [1.29, 1.82) is 0 Å². The van der Waals surface area contributed by atoms with E-state index in [0.717, 1.165) is 55.2 Å². The molecule has 0 fully saturated rings. The molecular formula is C29H40O3. The number of allylic oxidation sites excluding steroid dienone is 4. The molecule has 0 amide bonds. The minimum atomic E-state index is -0.0776. The zero-order chi connectivity index (χ0) is 23.5. The Hall–Kier alpha value is -2.29. The van der Waals surface area contributed by atoms with Gasteiger partial charge in [-0.05, 0) is 62.5 Å². The third-order valence-electron chi connectivity index (χ3n) is 6.69. The molecule has 0 N–H and O–H groups in total. The smallest absolute Gasteiger partial charge is 0.143 e. The van der Waals surface area contributed by atoms with Gasteiger partial charge >= 0.3 is 0 Å². The van der Waals surface area contributed by atoms with Crippen LogP contribution in [0, 0.1) is 17.8 Å². The number of benzene rings is 1. The van der Waals surface area contributed by atoms with Crippen molar-refractivity contribution in [2.45, 2.75) is 85.5 Å². The van der Waals surface area contributed by atoms with Crippen molar-refractivity contribution in [3.8, 4) is 0 Å². The highest BCUT2D eigenvalue weighted by Gasteiger charge is 2.29. The predicted octanol–water partition coefficient (Wildman–Crippen LogP) is 7.16. The second kappa shape index (κ2) is 13.3. The van der Waals surface area contributed by atoms with Gasteiger partial charge in [-0.25, -0.2) is 0 Å². The molecule has 3 unspecified atom stereocenters. The molecule has 3 atom stereocenters. The second-order valence-corrected chi connectivity index (χ2v) is 9.47. The highest BCUT2D eigenvalue weighted by atomic mass is 16.1. The van der Waals surface area contributed by atoms with Crippen LogP contribution in [0.25, 0.3) is 5.57 Å². The van der Waals surface area contributed by atoms with Crippen molar-refractivity contribution in [3.05, 3.63) is 53.6 Å². The molecule has 0 heterocycles. The van der Waals surface area contributed by atoms with Crippen LogP contribution in [-0.2, 0) is 14.4 Å². The van der Waals surface area contributed by atoms with E-state index in [9.17, 15) is 14.4 Å². The van der Waals surface area contributed by atoms with Gasteiger partial charge in [0.15, 0.2) is 0 Å². The van der Waals surface area contributed by atoms with Gasteiger partial charge in [0.1, 0.15) is 17.3 Å². The molecule has 174 valence electrons. The maximum absolute atomic E-state index is 13.0. The van der Waals surface area contributed by atoms with Gasteiger partial charge in [0, 0.05) is 18.8 Å². The Bertz CT molecular complexity index is 831. The summed E-state index contributed by atoms with van der Waals surface area (Å²) < 4.78 is 0. The summed E-state index contributed by atoms with van der Waals surface area (Å²) in [5.41, 5.74) is 3.43. The number of carbonyl (C=O) groups excluding carboxylic acids is 3. The molecule has 0 saturated heterocycles. The number of carbonyl (C=O) groups is 3. The van der Waals surface area contributed by atoms with E-state index in [1.165, 1.54) is 6.92 Å². The highest BCUT2D eigenvalue weighted by Crippen LogP contribution is 2.34. The molecule has 0 aromatic heterocycles. The van der Waals surface area contributed by atoms with Gasteiger partial charge in [-0.2, -0.15) is 0 Å². The van der Waals surface area contributed by atoms with Crippen LogP contribution in [0.15, 0.2) is 48.1 Å². The lowest BCUT2D eigenvalue weighted by Crippen LogP contribution is -2.27. The van der Waals surface area contributed by atoms with E-state index in [1.807, 2.05) is 25.1 Å². The first-order valence-corrected chi connectivity index (χ1v) is 12.3. The van der Waals surface area contributed by atoms with Gasteiger partial charge in [0.25, 0.3) is 0 Å². The first-order chi connectivity index (χ1) is 15.3. The van der Waals surface area contributed by atoms with E-state index < -0.39 is 0 Å². The van der Waals surface area contributed by atoms with Crippen molar-refractivity contribution < 1.29 is 14.4 Å². The number of ketones is 3. The van der Waals surface area contributed by atoms with Crippen molar-refractivity contribution in [2.75, 3.05) is 0 Å². The second-order valence-electron chi connectivity index (χ2n) is 9.47. The Morgan fingerprint density at radius 3 is 2.47 bits per heavy atom. The molecule has 0 aliphatic heterocycles. The van der Waals surface area contributed by atoms with Gasteiger partial charge in [0.05, 0.1) is 6.42 Å². The highest BCUT2D eigenvalue weighted by molar-refractivity contribution is 5.99. The fourth-order valence-electron chi connectivity index (χ4n) is 5.21. The Morgan fingerprint density at radius 1 is 1.12 bits per heavy atom. The lowest BCUT2D eigenvalue weighted by Gasteiger charge is -2.29. The van der Waals surface area contributed by atoms with E-state index >= 15 is 0 Å². The van der Waals surface area contributed by atoms with Crippen molar-refractivity contribution in [1.82, 2.24) is 0 Å². The van der Waals surface area contributed by atoms with Crippen LogP contribution in [0.5, 0.6) is 0 Å². The number of rotatable bonds is 10. The minimum absolute atomic E-state index is 0.0390. The molecule has 1 aromatic rings. The first kappa shape index (κ1) is 26.0. The van der Waals surface area contributed by atoms with Crippen LogP contribution in [0.1, 0.15) is 91.0 Å². The van der Waals surface area contributed by atoms with Gasteiger partial charge < -0.3 is 0 Å². The topological polar surface area (TPSA) is 51.2 Å². The molecule has 0 bridgehead atoms. The Labute approximate surface area is 194 Å². The molecule has 1 aliphatic carbocycles. The van der Waals surface area contributed by atoms with E-state index in [1.54, 1.807) is 0 Å². The predicted molar refractivity (Wildman–Crippen MR) is 132 cm³/mol. The van der Waals surface area contributed by atoms with Gasteiger partial charge in [-0.15, -0.1) is 0 Å².